The summed E-state index contributed by atoms with van der Waals surface area (Å²) in [6.45, 7) is 3.18. The fourth-order valence-electron chi connectivity index (χ4n) is 2.66. The van der Waals surface area contributed by atoms with Gasteiger partial charge >= 0.3 is 0 Å². The molecule has 0 fully saturated rings. The van der Waals surface area contributed by atoms with Crippen molar-refractivity contribution in [3.05, 3.63) is 29.6 Å². The molecule has 0 aromatic carbocycles. The number of fused-ring (bicyclic) bond motifs is 1. The van der Waals surface area contributed by atoms with Crippen LogP contribution in [0.3, 0.4) is 0 Å². The number of aliphatic hydroxyl groups is 1. The minimum atomic E-state index is -3.33. The Bertz CT molecular complexity index is 566. The molecule has 1 aliphatic rings. The summed E-state index contributed by atoms with van der Waals surface area (Å²) in [5.74, 6) is -0.199. The highest BCUT2D eigenvalue weighted by Gasteiger charge is 2.44. The molecule has 106 valence electrons. The molecule has 1 N–H and O–H groups in total. The minimum Gasteiger partial charge on any atom is -0.391 e. The normalized spacial score (nSPS) is 21.8. The zero-order valence-electron chi connectivity index (χ0n) is 11.6. The van der Waals surface area contributed by atoms with Crippen LogP contribution in [-0.2, 0) is 16.3 Å². The number of pyridine rings is 1. The smallest absolute Gasteiger partial charge is 0.155 e. The molecule has 2 rings (SSSR count). The monoisotopic (exact) mass is 283 g/mol. The van der Waals surface area contributed by atoms with Crippen molar-refractivity contribution in [2.24, 2.45) is 0 Å². The van der Waals surface area contributed by atoms with Gasteiger partial charge in [-0.25, -0.2) is 8.42 Å². The average Bonchev–Trinajstić information content (AvgIpc) is 2.36. The minimum absolute atomic E-state index is 0.199. The largest absolute Gasteiger partial charge is 0.391 e. The maximum absolute atomic E-state index is 11.9. The van der Waals surface area contributed by atoms with E-state index in [1.165, 1.54) is 6.26 Å². The van der Waals surface area contributed by atoms with Crippen molar-refractivity contribution in [1.29, 1.82) is 0 Å². The first-order chi connectivity index (χ1) is 8.75. The molecule has 2 atom stereocenters. The van der Waals surface area contributed by atoms with Gasteiger partial charge in [-0.05, 0) is 44.7 Å². The second kappa shape index (κ2) is 4.87. The number of hydrogen-bond donors (Lipinski definition) is 1. The lowest BCUT2D eigenvalue weighted by molar-refractivity contribution is 0.0991. The molecule has 0 bridgehead atoms. The van der Waals surface area contributed by atoms with Gasteiger partial charge in [0.25, 0.3) is 0 Å². The Morgan fingerprint density at radius 3 is 2.79 bits per heavy atom. The van der Waals surface area contributed by atoms with Crippen molar-refractivity contribution in [3.8, 4) is 0 Å². The summed E-state index contributed by atoms with van der Waals surface area (Å²) in [6, 6.07) is 3.89. The molecule has 0 spiro atoms. The molecule has 0 amide bonds. The predicted molar refractivity (Wildman–Crippen MR) is 74.8 cm³/mol. The summed E-state index contributed by atoms with van der Waals surface area (Å²) in [5.41, 5.74) is 1.99. The molecule has 4 nitrogen and oxygen atoms in total. The maximum atomic E-state index is 11.9. The highest BCUT2D eigenvalue weighted by Crippen LogP contribution is 2.38. The van der Waals surface area contributed by atoms with Crippen molar-refractivity contribution in [2.75, 3.05) is 6.26 Å². The van der Waals surface area contributed by atoms with Gasteiger partial charge in [0.05, 0.1) is 10.9 Å². The van der Waals surface area contributed by atoms with E-state index in [2.05, 4.69) is 4.98 Å². The number of rotatable bonds is 3. The first-order valence-electron chi connectivity index (χ1n) is 6.56. The first-order valence-corrected chi connectivity index (χ1v) is 8.45. The summed E-state index contributed by atoms with van der Waals surface area (Å²) < 4.78 is 22.6. The molecule has 0 saturated heterocycles. The first kappa shape index (κ1) is 14.5. The third-order valence-corrected chi connectivity index (χ3v) is 6.44. The van der Waals surface area contributed by atoms with Crippen LogP contribution >= 0.6 is 0 Å². The Morgan fingerprint density at radius 1 is 1.47 bits per heavy atom. The number of aryl methyl sites for hydroxylation is 1. The van der Waals surface area contributed by atoms with E-state index in [9.17, 15) is 13.5 Å². The molecular weight excluding hydrogens is 262 g/mol. The number of nitrogens with zero attached hydrogens (tertiary/aromatic N) is 1. The maximum Gasteiger partial charge on any atom is 0.155 e. The summed E-state index contributed by atoms with van der Waals surface area (Å²) in [7, 11) is -3.33. The van der Waals surface area contributed by atoms with Crippen LogP contribution in [0.4, 0.5) is 0 Å². The van der Waals surface area contributed by atoms with Gasteiger partial charge in [-0.2, -0.15) is 0 Å². The summed E-state index contributed by atoms with van der Waals surface area (Å²) >= 11 is 0. The van der Waals surface area contributed by atoms with E-state index in [4.69, 9.17) is 0 Å². The second-order valence-corrected chi connectivity index (χ2v) is 8.46. The van der Waals surface area contributed by atoms with E-state index >= 15 is 0 Å². The molecule has 1 aromatic rings. The van der Waals surface area contributed by atoms with Crippen molar-refractivity contribution < 1.29 is 13.5 Å². The summed E-state index contributed by atoms with van der Waals surface area (Å²) in [6.07, 6.45) is 4.64. The van der Waals surface area contributed by atoms with Gasteiger partial charge in [-0.3, -0.25) is 4.98 Å². The molecular formula is C14H21NO3S. The van der Waals surface area contributed by atoms with E-state index in [1.54, 1.807) is 20.0 Å². The fraction of sp³-hybridized carbons (Fsp3) is 0.643. The lowest BCUT2D eigenvalue weighted by atomic mass is 9.79. The van der Waals surface area contributed by atoms with E-state index in [1.807, 2.05) is 12.1 Å². The van der Waals surface area contributed by atoms with Crippen LogP contribution in [0.15, 0.2) is 18.3 Å². The topological polar surface area (TPSA) is 67.3 Å². The summed E-state index contributed by atoms with van der Waals surface area (Å²) in [5, 5.41) is 10.6. The number of hydrogen-bond acceptors (Lipinski definition) is 4. The lowest BCUT2D eigenvalue weighted by Crippen LogP contribution is -2.47. The molecule has 1 aromatic heterocycles. The highest BCUT2D eigenvalue weighted by molar-refractivity contribution is 7.92. The molecule has 19 heavy (non-hydrogen) atoms. The Morgan fingerprint density at radius 2 is 2.16 bits per heavy atom. The molecule has 0 saturated carbocycles. The van der Waals surface area contributed by atoms with Crippen LogP contribution in [0.2, 0.25) is 0 Å². The highest BCUT2D eigenvalue weighted by atomic mass is 32.2. The molecule has 2 unspecified atom stereocenters. The molecule has 1 heterocycles. The van der Waals surface area contributed by atoms with Crippen molar-refractivity contribution in [2.45, 2.75) is 49.9 Å². The predicted octanol–water partition coefficient (Wildman–Crippen LogP) is 1.69. The van der Waals surface area contributed by atoms with Crippen molar-refractivity contribution >= 4 is 9.84 Å². The van der Waals surface area contributed by atoms with Gasteiger partial charge in [0.15, 0.2) is 9.84 Å². The Labute approximate surface area is 114 Å². The van der Waals surface area contributed by atoms with E-state index in [0.717, 1.165) is 30.5 Å². The van der Waals surface area contributed by atoms with E-state index in [0.29, 0.717) is 0 Å². The quantitative estimate of drug-likeness (QED) is 0.916. The van der Waals surface area contributed by atoms with Crippen LogP contribution in [-0.4, -0.2) is 35.6 Å². The number of aromatic nitrogens is 1. The standard InChI is InChI=1S/C14H21NO3S/c1-14(2,19(3,17)18)13(16)11-8-4-6-10-7-5-9-15-12(10)11/h5,7,9,11,13,16H,4,6,8H2,1-3H3. The lowest BCUT2D eigenvalue weighted by Gasteiger charge is -2.36. The third-order valence-electron chi connectivity index (χ3n) is 4.29. The van der Waals surface area contributed by atoms with Gasteiger partial charge in [0, 0.05) is 24.1 Å². The molecule has 0 aliphatic heterocycles. The number of sulfone groups is 1. The van der Waals surface area contributed by atoms with Gasteiger partial charge < -0.3 is 5.11 Å². The van der Waals surface area contributed by atoms with Gasteiger partial charge in [0.2, 0.25) is 0 Å². The average molecular weight is 283 g/mol. The van der Waals surface area contributed by atoms with Gasteiger partial charge in [-0.1, -0.05) is 6.07 Å². The zero-order chi connectivity index (χ0) is 14.3. The Hall–Kier alpha value is -0.940. The van der Waals surface area contributed by atoms with Crippen LogP contribution in [0.1, 0.15) is 43.9 Å². The van der Waals surface area contributed by atoms with Crippen LogP contribution < -0.4 is 0 Å². The third kappa shape index (κ3) is 2.54. The Kier molecular flexibility index (Phi) is 3.71. The SMILES string of the molecule is CC(C)(C(O)C1CCCc2cccnc21)S(C)(=O)=O. The van der Waals surface area contributed by atoms with Crippen molar-refractivity contribution in [3.63, 3.8) is 0 Å². The Balaban J connectivity index is 2.39. The fourth-order valence-corrected chi connectivity index (χ4v) is 3.26. The number of aliphatic hydroxyl groups excluding tert-OH is 1. The molecule has 5 heteroatoms. The van der Waals surface area contributed by atoms with Crippen LogP contribution in [0, 0.1) is 0 Å². The zero-order valence-corrected chi connectivity index (χ0v) is 12.4. The summed E-state index contributed by atoms with van der Waals surface area (Å²) in [4.78, 5) is 4.36. The van der Waals surface area contributed by atoms with Crippen LogP contribution in [0.25, 0.3) is 0 Å². The van der Waals surface area contributed by atoms with Gasteiger partial charge in [0.1, 0.15) is 0 Å². The van der Waals surface area contributed by atoms with E-state index < -0.39 is 20.7 Å². The second-order valence-electron chi connectivity index (χ2n) is 5.87. The van der Waals surface area contributed by atoms with Gasteiger partial charge in [-0.15, -0.1) is 0 Å². The molecule has 1 aliphatic carbocycles. The van der Waals surface area contributed by atoms with E-state index in [-0.39, 0.29) is 5.92 Å². The van der Waals surface area contributed by atoms with Crippen LogP contribution in [0.5, 0.6) is 0 Å². The molecule has 0 radical (unpaired) electrons. The van der Waals surface area contributed by atoms with Crippen molar-refractivity contribution in [1.82, 2.24) is 4.98 Å².